The number of rotatable bonds is 5. The highest BCUT2D eigenvalue weighted by atomic mass is 19.4. The Labute approximate surface area is 110 Å². The second kappa shape index (κ2) is 6.24. The van der Waals surface area contributed by atoms with Gasteiger partial charge in [0.2, 0.25) is 5.91 Å². The molecular weight excluding hydrogens is 283 g/mol. The largest absolute Gasteiger partial charge is 0.506 e. The number of ether oxygens (including phenoxy) is 1. The number of aromatic carboxylic acids is 1. The van der Waals surface area contributed by atoms with Gasteiger partial charge in [0, 0.05) is 0 Å². The molecule has 0 aliphatic rings. The Morgan fingerprint density at radius 3 is 2.50 bits per heavy atom. The van der Waals surface area contributed by atoms with Gasteiger partial charge < -0.3 is 20.3 Å². The van der Waals surface area contributed by atoms with Crippen LogP contribution in [0.15, 0.2) is 18.2 Å². The Bertz CT molecular complexity index is 515. The maximum absolute atomic E-state index is 11.8. The zero-order chi connectivity index (χ0) is 15.3. The standard InChI is InChI=1S/C11H10F3NO5/c12-11(13,14)5-20-4-9(17)15-7-3-6(10(18)19)1-2-8(7)16/h1-3,16H,4-5H2,(H,15,17)(H,18,19). The molecule has 1 aromatic rings. The molecule has 0 atom stereocenters. The highest BCUT2D eigenvalue weighted by Crippen LogP contribution is 2.24. The SMILES string of the molecule is O=C(COCC(F)(F)F)Nc1cc(C(=O)O)ccc1O. The molecule has 1 amide bonds. The number of carboxylic acids is 1. The van der Waals surface area contributed by atoms with Crippen LogP contribution in [0.25, 0.3) is 0 Å². The second-order valence-corrected chi connectivity index (χ2v) is 3.69. The molecule has 0 heterocycles. The van der Waals surface area contributed by atoms with Gasteiger partial charge in [-0.1, -0.05) is 0 Å². The van der Waals surface area contributed by atoms with E-state index in [1.165, 1.54) is 0 Å². The molecule has 1 rings (SSSR count). The number of hydrogen-bond acceptors (Lipinski definition) is 4. The quantitative estimate of drug-likeness (QED) is 0.717. The van der Waals surface area contributed by atoms with E-state index >= 15 is 0 Å². The van der Waals surface area contributed by atoms with Gasteiger partial charge in [0.25, 0.3) is 0 Å². The summed E-state index contributed by atoms with van der Waals surface area (Å²) in [6.45, 7) is -2.46. The third-order valence-corrected chi connectivity index (χ3v) is 2.02. The summed E-state index contributed by atoms with van der Waals surface area (Å²) in [6, 6.07) is 3.11. The fourth-order valence-corrected chi connectivity index (χ4v) is 1.21. The summed E-state index contributed by atoms with van der Waals surface area (Å²) in [7, 11) is 0. The normalized spacial score (nSPS) is 11.2. The number of phenols is 1. The van der Waals surface area contributed by atoms with Gasteiger partial charge in [-0.05, 0) is 18.2 Å². The molecule has 20 heavy (non-hydrogen) atoms. The van der Waals surface area contributed by atoms with Crippen LogP contribution in [0.3, 0.4) is 0 Å². The Kier molecular flexibility index (Phi) is 4.92. The highest BCUT2D eigenvalue weighted by molar-refractivity contribution is 5.96. The maximum atomic E-state index is 11.8. The fourth-order valence-electron chi connectivity index (χ4n) is 1.21. The van der Waals surface area contributed by atoms with Crippen LogP contribution in [0.1, 0.15) is 10.4 Å². The molecule has 0 saturated heterocycles. The van der Waals surface area contributed by atoms with Crippen LogP contribution in [0.4, 0.5) is 18.9 Å². The average Bonchev–Trinajstić information content (AvgIpc) is 2.30. The van der Waals surface area contributed by atoms with Gasteiger partial charge in [0.05, 0.1) is 11.3 Å². The summed E-state index contributed by atoms with van der Waals surface area (Å²) in [5.41, 5.74) is -0.431. The monoisotopic (exact) mass is 293 g/mol. The van der Waals surface area contributed by atoms with Crippen molar-refractivity contribution in [2.24, 2.45) is 0 Å². The molecule has 0 aromatic heterocycles. The number of amides is 1. The van der Waals surface area contributed by atoms with Crippen LogP contribution in [-0.2, 0) is 9.53 Å². The molecule has 9 heteroatoms. The molecule has 0 unspecified atom stereocenters. The molecule has 0 fully saturated rings. The number of carboxylic acid groups (broad SMARTS) is 1. The van der Waals surface area contributed by atoms with E-state index in [0.717, 1.165) is 18.2 Å². The molecule has 0 spiro atoms. The van der Waals surface area contributed by atoms with E-state index in [4.69, 9.17) is 5.11 Å². The molecule has 0 aliphatic carbocycles. The number of nitrogens with one attached hydrogen (secondary N) is 1. The van der Waals surface area contributed by atoms with Crippen LogP contribution in [0, 0.1) is 0 Å². The molecule has 110 valence electrons. The minimum absolute atomic E-state index is 0.200. The van der Waals surface area contributed by atoms with Crippen LogP contribution in [0.2, 0.25) is 0 Å². The summed E-state index contributed by atoms with van der Waals surface area (Å²) in [6.07, 6.45) is -4.55. The van der Waals surface area contributed by atoms with Crippen molar-refractivity contribution in [1.82, 2.24) is 0 Å². The number of hydrogen-bond donors (Lipinski definition) is 3. The summed E-state index contributed by atoms with van der Waals surface area (Å²) in [5, 5.41) is 20.2. The molecule has 3 N–H and O–H groups in total. The number of anilines is 1. The summed E-state index contributed by atoms with van der Waals surface area (Å²) in [4.78, 5) is 22.0. The Morgan fingerprint density at radius 2 is 1.95 bits per heavy atom. The Morgan fingerprint density at radius 1 is 1.30 bits per heavy atom. The number of carbonyl (C=O) groups excluding carboxylic acids is 1. The van der Waals surface area contributed by atoms with Gasteiger partial charge >= 0.3 is 12.1 Å². The lowest BCUT2D eigenvalue weighted by atomic mass is 10.2. The predicted molar refractivity (Wildman–Crippen MR) is 60.6 cm³/mol. The van der Waals surface area contributed by atoms with Crippen LogP contribution in [-0.4, -0.2) is 41.5 Å². The average molecular weight is 293 g/mol. The van der Waals surface area contributed by atoms with Crippen LogP contribution < -0.4 is 5.32 Å². The third-order valence-electron chi connectivity index (χ3n) is 2.02. The smallest absolute Gasteiger partial charge is 0.411 e. The van der Waals surface area contributed by atoms with Crippen molar-refractivity contribution in [3.63, 3.8) is 0 Å². The van der Waals surface area contributed by atoms with Crippen molar-refractivity contribution in [2.45, 2.75) is 6.18 Å². The number of alkyl halides is 3. The van der Waals surface area contributed by atoms with Gasteiger partial charge in [0.1, 0.15) is 19.0 Å². The first-order chi connectivity index (χ1) is 9.19. The van der Waals surface area contributed by atoms with Gasteiger partial charge in [-0.25, -0.2) is 4.79 Å². The molecule has 0 saturated carbocycles. The molecule has 1 aromatic carbocycles. The molecular formula is C11H10F3NO5. The number of carbonyl (C=O) groups is 2. The van der Waals surface area contributed by atoms with Crippen molar-refractivity contribution in [3.8, 4) is 5.75 Å². The Balaban J connectivity index is 2.62. The summed E-state index contributed by atoms with van der Waals surface area (Å²) in [5.74, 6) is -2.65. The zero-order valence-corrected chi connectivity index (χ0v) is 9.90. The van der Waals surface area contributed by atoms with Crippen molar-refractivity contribution in [1.29, 1.82) is 0 Å². The molecule has 0 radical (unpaired) electrons. The maximum Gasteiger partial charge on any atom is 0.411 e. The first kappa shape index (κ1) is 15.8. The topological polar surface area (TPSA) is 95.9 Å². The fraction of sp³-hybridized carbons (Fsp3) is 0.273. The van der Waals surface area contributed by atoms with Crippen molar-refractivity contribution in [2.75, 3.05) is 18.5 Å². The predicted octanol–water partition coefficient (Wildman–Crippen LogP) is 1.61. The number of benzene rings is 1. The first-order valence-electron chi connectivity index (χ1n) is 5.19. The van der Waals surface area contributed by atoms with E-state index in [1.807, 2.05) is 5.32 Å². The first-order valence-corrected chi connectivity index (χ1v) is 5.19. The lowest BCUT2D eigenvalue weighted by Crippen LogP contribution is -2.24. The van der Waals surface area contributed by atoms with E-state index in [0.29, 0.717) is 0 Å². The summed E-state index contributed by atoms with van der Waals surface area (Å²) >= 11 is 0. The number of halogens is 3. The van der Waals surface area contributed by atoms with Crippen molar-refractivity contribution in [3.05, 3.63) is 23.8 Å². The van der Waals surface area contributed by atoms with Crippen molar-refractivity contribution < 1.29 is 37.7 Å². The van der Waals surface area contributed by atoms with Crippen LogP contribution in [0.5, 0.6) is 5.75 Å². The van der Waals surface area contributed by atoms with Crippen LogP contribution >= 0.6 is 0 Å². The van der Waals surface area contributed by atoms with Gasteiger partial charge in [-0.3, -0.25) is 4.79 Å². The van der Waals surface area contributed by atoms with Gasteiger partial charge in [0.15, 0.2) is 0 Å². The van der Waals surface area contributed by atoms with E-state index in [2.05, 4.69) is 4.74 Å². The van der Waals surface area contributed by atoms with E-state index in [9.17, 15) is 27.9 Å². The minimum Gasteiger partial charge on any atom is -0.506 e. The highest BCUT2D eigenvalue weighted by Gasteiger charge is 2.27. The minimum atomic E-state index is -4.55. The Hall–Kier alpha value is -2.29. The number of phenolic OH excluding ortho intramolecular Hbond substituents is 1. The van der Waals surface area contributed by atoms with Gasteiger partial charge in [-0.2, -0.15) is 13.2 Å². The summed E-state index contributed by atoms with van der Waals surface area (Å²) < 4.78 is 39.4. The zero-order valence-electron chi connectivity index (χ0n) is 9.90. The second-order valence-electron chi connectivity index (χ2n) is 3.69. The van der Waals surface area contributed by atoms with Gasteiger partial charge in [-0.15, -0.1) is 0 Å². The van der Waals surface area contributed by atoms with E-state index < -0.39 is 37.0 Å². The lowest BCUT2D eigenvalue weighted by Gasteiger charge is -2.10. The molecule has 6 nitrogen and oxygen atoms in total. The lowest BCUT2D eigenvalue weighted by molar-refractivity contribution is -0.174. The molecule has 0 bridgehead atoms. The molecule has 0 aliphatic heterocycles. The number of aromatic hydroxyl groups is 1. The van der Waals surface area contributed by atoms with E-state index in [-0.39, 0.29) is 11.3 Å². The van der Waals surface area contributed by atoms with E-state index in [1.54, 1.807) is 0 Å². The third kappa shape index (κ3) is 5.14. The van der Waals surface area contributed by atoms with Crippen molar-refractivity contribution >= 4 is 17.6 Å².